The second kappa shape index (κ2) is 13.2. The first-order chi connectivity index (χ1) is 9.21. The van der Waals surface area contributed by atoms with E-state index in [0.717, 1.165) is 19.3 Å². The third-order valence-corrected chi connectivity index (χ3v) is 3.91. The van der Waals surface area contributed by atoms with E-state index in [9.17, 15) is 4.79 Å². The van der Waals surface area contributed by atoms with Gasteiger partial charge in [-0.25, -0.2) is 0 Å². The molecule has 1 saturated carbocycles. The van der Waals surface area contributed by atoms with Gasteiger partial charge in [-0.15, -0.1) is 0 Å². The SMILES string of the molecule is C.C=C/C=C(\C=C)C(=O)SC1CCC(NOC)C1.CC. The van der Waals surface area contributed by atoms with Gasteiger partial charge in [-0.05, 0) is 19.3 Å². The maximum absolute atomic E-state index is 11.9. The molecule has 20 heavy (non-hydrogen) atoms. The van der Waals surface area contributed by atoms with E-state index in [1.165, 1.54) is 11.8 Å². The summed E-state index contributed by atoms with van der Waals surface area (Å²) in [6.45, 7) is 11.2. The Morgan fingerprint density at radius 1 is 1.35 bits per heavy atom. The zero-order chi connectivity index (χ0) is 14.7. The first kappa shape index (κ1) is 21.5. The molecule has 0 heterocycles. The van der Waals surface area contributed by atoms with E-state index in [1.807, 2.05) is 13.8 Å². The van der Waals surface area contributed by atoms with Gasteiger partial charge in [0.05, 0.1) is 7.11 Å². The molecule has 0 radical (unpaired) electrons. The van der Waals surface area contributed by atoms with Gasteiger partial charge in [0.25, 0.3) is 0 Å². The van der Waals surface area contributed by atoms with E-state index in [4.69, 9.17) is 4.84 Å². The van der Waals surface area contributed by atoms with Crippen LogP contribution in [0, 0.1) is 0 Å². The van der Waals surface area contributed by atoms with Gasteiger partial charge < -0.3 is 4.84 Å². The molecule has 0 saturated heterocycles. The maximum Gasteiger partial charge on any atom is 0.219 e. The van der Waals surface area contributed by atoms with Gasteiger partial charge in [-0.2, -0.15) is 5.48 Å². The maximum atomic E-state index is 11.9. The molecular weight excluding hydrogens is 270 g/mol. The number of thioether (sulfide) groups is 1. The van der Waals surface area contributed by atoms with E-state index >= 15 is 0 Å². The molecule has 0 aromatic heterocycles. The molecule has 0 aliphatic heterocycles. The topological polar surface area (TPSA) is 38.3 Å². The van der Waals surface area contributed by atoms with E-state index in [0.29, 0.717) is 16.9 Å². The molecule has 116 valence electrons. The lowest BCUT2D eigenvalue weighted by Crippen LogP contribution is -2.25. The standard InChI is InChI=1S/C13H19NO2S.C2H6.CH4/c1-4-6-10(5-2)13(15)17-12-8-7-11(9-12)14-16-3;1-2;/h4-6,11-12,14H,1-2,7-9H2,3H3;1-2H3;1H4/b10-6+;;. The van der Waals surface area contributed by atoms with Crippen LogP contribution >= 0.6 is 11.8 Å². The number of nitrogens with one attached hydrogen (secondary N) is 1. The first-order valence-corrected chi connectivity index (χ1v) is 7.53. The van der Waals surface area contributed by atoms with Gasteiger partial charge >= 0.3 is 0 Å². The predicted molar refractivity (Wildman–Crippen MR) is 90.7 cm³/mol. The molecule has 4 heteroatoms. The van der Waals surface area contributed by atoms with Crippen LogP contribution < -0.4 is 5.48 Å². The summed E-state index contributed by atoms with van der Waals surface area (Å²) < 4.78 is 0. The molecule has 2 unspecified atom stereocenters. The van der Waals surface area contributed by atoms with Crippen molar-refractivity contribution in [3.8, 4) is 0 Å². The highest BCUT2D eigenvalue weighted by Crippen LogP contribution is 2.32. The van der Waals surface area contributed by atoms with E-state index in [2.05, 4.69) is 18.6 Å². The van der Waals surface area contributed by atoms with Gasteiger partial charge in [0.15, 0.2) is 0 Å². The summed E-state index contributed by atoms with van der Waals surface area (Å²) in [7, 11) is 1.62. The molecule has 0 spiro atoms. The van der Waals surface area contributed by atoms with Crippen molar-refractivity contribution in [2.45, 2.75) is 51.8 Å². The lowest BCUT2D eigenvalue weighted by molar-refractivity contribution is -0.107. The van der Waals surface area contributed by atoms with Crippen LogP contribution in [-0.4, -0.2) is 23.5 Å². The largest absolute Gasteiger partial charge is 0.305 e. The molecule has 1 aliphatic carbocycles. The Bertz CT molecular complexity index is 326. The summed E-state index contributed by atoms with van der Waals surface area (Å²) >= 11 is 1.39. The summed E-state index contributed by atoms with van der Waals surface area (Å²) in [4.78, 5) is 16.8. The van der Waals surface area contributed by atoms with Crippen LogP contribution in [0.3, 0.4) is 0 Å². The fraction of sp³-hybridized carbons (Fsp3) is 0.562. The molecule has 1 rings (SSSR count). The van der Waals surface area contributed by atoms with Crippen molar-refractivity contribution in [1.29, 1.82) is 0 Å². The number of hydroxylamine groups is 1. The summed E-state index contributed by atoms with van der Waals surface area (Å²) in [5.74, 6) is 0. The summed E-state index contributed by atoms with van der Waals surface area (Å²) in [5, 5.41) is 0.436. The minimum atomic E-state index is 0. The molecule has 1 aliphatic rings. The van der Waals surface area contributed by atoms with Crippen LogP contribution in [0.25, 0.3) is 0 Å². The number of hydrogen-bond donors (Lipinski definition) is 1. The zero-order valence-electron chi connectivity index (χ0n) is 12.1. The number of carbonyl (C=O) groups excluding carboxylic acids is 1. The third kappa shape index (κ3) is 7.68. The van der Waals surface area contributed by atoms with Crippen LogP contribution in [-0.2, 0) is 9.63 Å². The Morgan fingerprint density at radius 2 is 2.00 bits per heavy atom. The summed E-state index contributed by atoms with van der Waals surface area (Å²) in [6.07, 6.45) is 7.94. The van der Waals surface area contributed by atoms with Crippen molar-refractivity contribution in [3.63, 3.8) is 0 Å². The highest BCUT2D eigenvalue weighted by molar-refractivity contribution is 8.14. The minimum absolute atomic E-state index is 0. The van der Waals surface area contributed by atoms with Crippen LogP contribution in [0.2, 0.25) is 0 Å². The molecule has 0 bridgehead atoms. The quantitative estimate of drug-likeness (QED) is 0.451. The third-order valence-electron chi connectivity index (χ3n) is 2.70. The normalized spacial score (nSPS) is 21.2. The van der Waals surface area contributed by atoms with Crippen molar-refractivity contribution < 1.29 is 9.63 Å². The van der Waals surface area contributed by atoms with E-state index in [1.54, 1.807) is 25.3 Å². The molecule has 1 fully saturated rings. The van der Waals surface area contributed by atoms with Gasteiger partial charge in [-0.1, -0.05) is 64.4 Å². The van der Waals surface area contributed by atoms with Crippen molar-refractivity contribution in [2.75, 3.05) is 7.11 Å². The van der Waals surface area contributed by atoms with Gasteiger partial charge in [0.2, 0.25) is 5.12 Å². The molecule has 0 aromatic rings. The van der Waals surface area contributed by atoms with Gasteiger partial charge in [0.1, 0.15) is 0 Å². The number of rotatable bonds is 6. The molecule has 3 nitrogen and oxygen atoms in total. The van der Waals surface area contributed by atoms with Crippen molar-refractivity contribution in [1.82, 2.24) is 5.48 Å². The van der Waals surface area contributed by atoms with Gasteiger partial charge in [-0.3, -0.25) is 4.79 Å². The fourth-order valence-electron chi connectivity index (χ4n) is 1.89. The average Bonchev–Trinajstić information content (AvgIpc) is 2.86. The molecule has 0 amide bonds. The molecule has 1 N–H and O–H groups in total. The monoisotopic (exact) mass is 299 g/mol. The van der Waals surface area contributed by atoms with Crippen LogP contribution in [0.15, 0.2) is 37.0 Å². The van der Waals surface area contributed by atoms with Crippen LogP contribution in [0.1, 0.15) is 40.5 Å². The van der Waals surface area contributed by atoms with Crippen molar-refractivity contribution >= 4 is 16.9 Å². The lowest BCUT2D eigenvalue weighted by atomic mass is 10.3. The Hall–Kier alpha value is -0.840. The number of carbonyl (C=O) groups is 1. The summed E-state index contributed by atoms with van der Waals surface area (Å²) in [5.41, 5.74) is 3.56. The molecular formula is C16H29NO2S. The van der Waals surface area contributed by atoms with Gasteiger partial charge in [0, 0.05) is 16.9 Å². The van der Waals surface area contributed by atoms with E-state index < -0.39 is 0 Å². The van der Waals surface area contributed by atoms with E-state index in [-0.39, 0.29) is 12.5 Å². The number of hydrogen-bond acceptors (Lipinski definition) is 4. The average molecular weight is 299 g/mol. The smallest absolute Gasteiger partial charge is 0.219 e. The highest BCUT2D eigenvalue weighted by Gasteiger charge is 2.27. The Morgan fingerprint density at radius 3 is 2.50 bits per heavy atom. The molecule has 2 atom stereocenters. The lowest BCUT2D eigenvalue weighted by Gasteiger charge is -2.10. The molecule has 0 aromatic carbocycles. The Balaban J connectivity index is 0. The Labute approximate surface area is 128 Å². The minimum Gasteiger partial charge on any atom is -0.305 e. The van der Waals surface area contributed by atoms with Crippen LogP contribution in [0.4, 0.5) is 0 Å². The highest BCUT2D eigenvalue weighted by atomic mass is 32.2. The Kier molecular flexibility index (Phi) is 14.1. The van der Waals surface area contributed by atoms with Crippen molar-refractivity contribution in [2.24, 2.45) is 0 Å². The van der Waals surface area contributed by atoms with Crippen molar-refractivity contribution in [3.05, 3.63) is 37.0 Å². The number of allylic oxidation sites excluding steroid dienone is 3. The van der Waals surface area contributed by atoms with Crippen LogP contribution in [0.5, 0.6) is 0 Å². The second-order valence-corrected chi connectivity index (χ2v) is 5.19. The zero-order valence-corrected chi connectivity index (χ0v) is 13.0. The first-order valence-electron chi connectivity index (χ1n) is 6.66. The summed E-state index contributed by atoms with van der Waals surface area (Å²) in [6, 6.07) is 0.362. The second-order valence-electron chi connectivity index (χ2n) is 3.92. The fourth-order valence-corrected chi connectivity index (χ4v) is 3.06. The predicted octanol–water partition coefficient (Wildman–Crippen LogP) is 4.28.